The van der Waals surface area contributed by atoms with Crippen molar-refractivity contribution in [3.63, 3.8) is 0 Å². The summed E-state index contributed by atoms with van der Waals surface area (Å²) in [6.45, 7) is 2.34. The predicted octanol–water partition coefficient (Wildman–Crippen LogP) is 5.21. The highest BCUT2D eigenvalue weighted by Crippen LogP contribution is 2.41. The molecule has 5 nitrogen and oxygen atoms in total. The van der Waals surface area contributed by atoms with Gasteiger partial charge in [0.2, 0.25) is 0 Å². The first-order valence-electron chi connectivity index (χ1n) is 10.9. The van der Waals surface area contributed by atoms with E-state index in [1.54, 1.807) is 17.0 Å². The van der Waals surface area contributed by atoms with Crippen LogP contribution < -0.4 is 0 Å². The minimum absolute atomic E-state index is 0.126. The van der Waals surface area contributed by atoms with Crippen LogP contribution in [0.3, 0.4) is 0 Å². The summed E-state index contributed by atoms with van der Waals surface area (Å²) < 4.78 is 2.08. The Hall–Kier alpha value is -3.64. The molecule has 33 heavy (non-hydrogen) atoms. The lowest BCUT2D eigenvalue weighted by Crippen LogP contribution is -2.31. The number of aliphatic hydroxyl groups excluding tert-OH is 1. The lowest BCUT2D eigenvalue weighted by Gasteiger charge is -2.24. The maximum atomic E-state index is 13.1. The Morgan fingerprint density at radius 3 is 2.52 bits per heavy atom. The Morgan fingerprint density at radius 2 is 1.79 bits per heavy atom. The Morgan fingerprint density at radius 1 is 1.03 bits per heavy atom. The number of ketones is 1. The smallest absolute Gasteiger partial charge is 0.295 e. The number of carbonyl (C=O) groups is 2. The lowest BCUT2D eigenvalue weighted by molar-refractivity contribution is -0.139. The molecule has 2 aromatic heterocycles. The van der Waals surface area contributed by atoms with E-state index in [9.17, 15) is 14.7 Å². The van der Waals surface area contributed by atoms with Gasteiger partial charge in [-0.25, -0.2) is 0 Å². The molecule has 1 aliphatic rings. The maximum Gasteiger partial charge on any atom is 0.295 e. The molecular weight excluding hydrogens is 432 g/mol. The van der Waals surface area contributed by atoms with Crippen molar-refractivity contribution in [3.05, 3.63) is 99.4 Å². The van der Waals surface area contributed by atoms with Gasteiger partial charge in [-0.05, 0) is 36.4 Å². The molecule has 1 atom stereocenters. The second-order valence-corrected chi connectivity index (χ2v) is 9.39. The normalized spacial score (nSPS) is 17.9. The van der Waals surface area contributed by atoms with Crippen LogP contribution in [0.5, 0.6) is 0 Å². The summed E-state index contributed by atoms with van der Waals surface area (Å²) in [7, 11) is 2.01. The minimum Gasteiger partial charge on any atom is -0.507 e. The maximum absolute atomic E-state index is 13.1. The number of thiophene rings is 1. The van der Waals surface area contributed by atoms with Crippen LogP contribution in [0.15, 0.2) is 77.8 Å². The highest BCUT2D eigenvalue weighted by atomic mass is 32.1. The van der Waals surface area contributed by atoms with Crippen molar-refractivity contribution in [1.29, 1.82) is 0 Å². The van der Waals surface area contributed by atoms with Crippen molar-refractivity contribution in [2.75, 3.05) is 6.54 Å². The third kappa shape index (κ3) is 3.66. The van der Waals surface area contributed by atoms with Crippen molar-refractivity contribution in [1.82, 2.24) is 9.47 Å². The van der Waals surface area contributed by atoms with Crippen LogP contribution in [-0.4, -0.2) is 32.8 Å². The molecule has 4 aromatic rings. The van der Waals surface area contributed by atoms with Crippen molar-refractivity contribution >= 4 is 39.7 Å². The summed E-state index contributed by atoms with van der Waals surface area (Å²) in [6.07, 6.45) is 2.69. The lowest BCUT2D eigenvalue weighted by atomic mass is 9.99. The molecule has 1 N–H and O–H groups in total. The predicted molar refractivity (Wildman–Crippen MR) is 131 cm³/mol. The van der Waals surface area contributed by atoms with E-state index < -0.39 is 17.7 Å². The molecule has 1 unspecified atom stereocenters. The van der Waals surface area contributed by atoms with Gasteiger partial charge in [-0.2, -0.15) is 0 Å². The third-order valence-electron chi connectivity index (χ3n) is 6.28. The van der Waals surface area contributed by atoms with E-state index in [-0.39, 0.29) is 11.3 Å². The van der Waals surface area contributed by atoms with Crippen LogP contribution >= 0.6 is 11.3 Å². The fourth-order valence-electron chi connectivity index (χ4n) is 4.59. The van der Waals surface area contributed by atoms with Gasteiger partial charge in [0, 0.05) is 41.1 Å². The van der Waals surface area contributed by atoms with E-state index in [1.165, 1.54) is 11.3 Å². The highest BCUT2D eigenvalue weighted by Gasteiger charge is 2.46. The molecule has 0 aliphatic carbocycles. The van der Waals surface area contributed by atoms with Crippen LogP contribution in [0.1, 0.15) is 27.6 Å². The van der Waals surface area contributed by atoms with Crippen LogP contribution in [0, 0.1) is 6.92 Å². The number of aryl methyl sites for hydroxylation is 2. The van der Waals surface area contributed by atoms with Crippen LogP contribution in [0.4, 0.5) is 0 Å². The topological polar surface area (TPSA) is 62.5 Å². The second kappa shape index (κ2) is 8.37. The summed E-state index contributed by atoms with van der Waals surface area (Å²) in [5, 5.41) is 14.2. The number of hydrogen-bond donors (Lipinski definition) is 1. The first kappa shape index (κ1) is 21.2. The highest BCUT2D eigenvalue weighted by molar-refractivity contribution is 7.10. The Labute approximate surface area is 196 Å². The number of fused-ring (bicyclic) bond motifs is 1. The van der Waals surface area contributed by atoms with Crippen LogP contribution in [-0.2, 0) is 23.1 Å². The number of rotatable bonds is 5. The number of aromatic nitrogens is 1. The monoisotopic (exact) mass is 456 g/mol. The van der Waals surface area contributed by atoms with Gasteiger partial charge in [0.1, 0.15) is 5.76 Å². The zero-order valence-electron chi connectivity index (χ0n) is 18.5. The minimum atomic E-state index is -0.635. The molecule has 6 heteroatoms. The van der Waals surface area contributed by atoms with Crippen molar-refractivity contribution in [2.45, 2.75) is 19.4 Å². The standard InChI is InChI=1S/C27H24N2O3S/c1-17-9-11-18(12-10-17)25(30)23-24(22-8-5-15-33-22)29(27(32)26(23)31)14-13-19-16-28(2)21-7-4-3-6-20(19)21/h3-12,15-16,24,30H,13-14H2,1-2H3/b25-23-. The number of para-hydroxylation sites is 1. The molecule has 0 bridgehead atoms. The average Bonchev–Trinajstić information content (AvgIpc) is 3.52. The number of hydrogen-bond acceptors (Lipinski definition) is 4. The summed E-state index contributed by atoms with van der Waals surface area (Å²) in [4.78, 5) is 28.7. The number of benzene rings is 2. The largest absolute Gasteiger partial charge is 0.507 e. The van der Waals surface area contributed by atoms with E-state index in [2.05, 4.69) is 22.9 Å². The summed E-state index contributed by atoms with van der Waals surface area (Å²) >= 11 is 1.48. The number of amides is 1. The molecule has 2 aromatic carbocycles. The molecular formula is C27H24N2O3S. The first-order valence-corrected chi connectivity index (χ1v) is 11.8. The molecule has 1 amide bonds. The van der Waals surface area contributed by atoms with Gasteiger partial charge in [-0.1, -0.05) is 54.1 Å². The summed E-state index contributed by atoms with van der Waals surface area (Å²) in [5.74, 6) is -1.33. The summed E-state index contributed by atoms with van der Waals surface area (Å²) in [5.41, 5.74) is 4.00. The molecule has 0 saturated carbocycles. The molecule has 3 heterocycles. The Balaban J connectivity index is 1.54. The second-order valence-electron chi connectivity index (χ2n) is 8.41. The zero-order valence-corrected chi connectivity index (χ0v) is 19.3. The first-order chi connectivity index (χ1) is 16.0. The quantitative estimate of drug-likeness (QED) is 0.255. The molecule has 1 fully saturated rings. The fraction of sp³-hybridized carbons (Fsp3) is 0.185. The van der Waals surface area contributed by atoms with Gasteiger partial charge in [0.25, 0.3) is 11.7 Å². The zero-order chi connectivity index (χ0) is 23.1. The van der Waals surface area contributed by atoms with E-state index in [4.69, 9.17) is 0 Å². The molecule has 5 rings (SSSR count). The van der Waals surface area contributed by atoms with Crippen molar-refractivity contribution in [3.8, 4) is 0 Å². The van der Waals surface area contributed by atoms with E-state index in [0.29, 0.717) is 18.5 Å². The molecule has 1 saturated heterocycles. The number of likely N-dealkylation sites (tertiary alicyclic amines) is 1. The van der Waals surface area contributed by atoms with E-state index in [0.717, 1.165) is 26.9 Å². The van der Waals surface area contributed by atoms with Gasteiger partial charge in [-0.3, -0.25) is 9.59 Å². The van der Waals surface area contributed by atoms with Crippen molar-refractivity contribution in [2.24, 2.45) is 7.05 Å². The van der Waals surface area contributed by atoms with Crippen LogP contribution in [0.2, 0.25) is 0 Å². The van der Waals surface area contributed by atoms with Gasteiger partial charge >= 0.3 is 0 Å². The van der Waals surface area contributed by atoms with Gasteiger partial charge in [-0.15, -0.1) is 11.3 Å². The SMILES string of the molecule is Cc1ccc(/C(O)=C2/C(=O)C(=O)N(CCc3cn(C)c4ccccc34)C2c2cccs2)cc1. The van der Waals surface area contributed by atoms with Gasteiger partial charge in [0.05, 0.1) is 11.6 Å². The molecule has 166 valence electrons. The number of Topliss-reactive ketones (excluding diaryl/α,β-unsaturated/α-hetero) is 1. The third-order valence-corrected chi connectivity index (χ3v) is 7.20. The van der Waals surface area contributed by atoms with E-state index >= 15 is 0 Å². The van der Waals surface area contributed by atoms with Crippen LogP contribution in [0.25, 0.3) is 16.7 Å². The number of nitrogens with zero attached hydrogens (tertiary/aromatic N) is 2. The Kier molecular flexibility index (Phi) is 5.38. The molecule has 0 radical (unpaired) electrons. The van der Waals surface area contributed by atoms with E-state index in [1.807, 2.05) is 55.7 Å². The summed E-state index contributed by atoms with van der Waals surface area (Å²) in [6, 6.07) is 18.7. The number of carbonyl (C=O) groups excluding carboxylic acids is 2. The Bertz CT molecular complexity index is 1380. The fourth-order valence-corrected chi connectivity index (χ4v) is 5.43. The number of aliphatic hydroxyl groups is 1. The van der Waals surface area contributed by atoms with Crippen molar-refractivity contribution < 1.29 is 14.7 Å². The van der Waals surface area contributed by atoms with Gasteiger partial charge < -0.3 is 14.6 Å². The average molecular weight is 457 g/mol. The molecule has 1 aliphatic heterocycles. The molecule has 0 spiro atoms. The van der Waals surface area contributed by atoms with Gasteiger partial charge in [0.15, 0.2) is 0 Å².